The highest BCUT2D eigenvalue weighted by Crippen LogP contribution is 2.55. The summed E-state index contributed by atoms with van der Waals surface area (Å²) in [6.45, 7) is 0.724. The number of ether oxygens (including phenoxy) is 2. The van der Waals surface area contributed by atoms with E-state index in [-0.39, 0.29) is 0 Å². The Balaban J connectivity index is 1.67. The van der Waals surface area contributed by atoms with E-state index in [0.29, 0.717) is 90.6 Å². The SMILES string of the molecule is O=P(c1ccccc1)(c1ccccc1)c1ccc(Cl)c2c1-c1c(P(=O)(c3ccccc3)c3ccccc3)ccc(Cl)c1OCCCCO2. The van der Waals surface area contributed by atoms with E-state index in [1.165, 1.54) is 0 Å². The van der Waals surface area contributed by atoms with Crippen LogP contribution in [0.4, 0.5) is 0 Å². The molecule has 0 aliphatic carbocycles. The van der Waals surface area contributed by atoms with Gasteiger partial charge in [-0.25, -0.2) is 0 Å². The molecule has 0 atom stereocenters. The molecule has 0 saturated carbocycles. The van der Waals surface area contributed by atoms with Crippen LogP contribution >= 0.6 is 37.5 Å². The first-order chi connectivity index (χ1) is 23.4. The minimum atomic E-state index is -3.63. The number of halogens is 2. The first kappa shape index (κ1) is 32.5. The Morgan fingerprint density at radius 2 is 0.708 bits per heavy atom. The molecule has 0 aromatic heterocycles. The van der Waals surface area contributed by atoms with Gasteiger partial charge in [-0.05, 0) is 37.1 Å². The van der Waals surface area contributed by atoms with Gasteiger partial charge in [0.15, 0.2) is 14.3 Å². The molecular formula is C40H32Cl2O4P2. The number of benzene rings is 6. The lowest BCUT2D eigenvalue weighted by Gasteiger charge is -2.30. The summed E-state index contributed by atoms with van der Waals surface area (Å²) >= 11 is 14.1. The Morgan fingerprint density at radius 1 is 0.417 bits per heavy atom. The molecule has 6 aromatic carbocycles. The lowest BCUT2D eigenvalue weighted by atomic mass is 10.0. The molecule has 0 fully saturated rings. The molecule has 7 rings (SSSR count). The average molecular weight is 710 g/mol. The van der Waals surface area contributed by atoms with Crippen LogP contribution in [0.5, 0.6) is 11.5 Å². The van der Waals surface area contributed by atoms with Crippen molar-refractivity contribution in [1.82, 2.24) is 0 Å². The van der Waals surface area contributed by atoms with Crippen LogP contribution in [0, 0.1) is 0 Å². The zero-order valence-electron chi connectivity index (χ0n) is 26.0. The van der Waals surface area contributed by atoms with Gasteiger partial charge in [0.2, 0.25) is 0 Å². The third kappa shape index (κ3) is 5.72. The summed E-state index contributed by atoms with van der Waals surface area (Å²) in [6.07, 6.45) is 1.41. The van der Waals surface area contributed by atoms with Gasteiger partial charge in [0, 0.05) is 43.0 Å². The predicted octanol–water partition coefficient (Wildman–Crippen LogP) is 8.49. The van der Waals surface area contributed by atoms with Gasteiger partial charge in [0.25, 0.3) is 0 Å². The summed E-state index contributed by atoms with van der Waals surface area (Å²) in [5, 5.41) is 4.20. The summed E-state index contributed by atoms with van der Waals surface area (Å²) in [5.41, 5.74) is 0.917. The van der Waals surface area contributed by atoms with Crippen LogP contribution < -0.4 is 41.3 Å². The largest absolute Gasteiger partial charge is 0.491 e. The molecule has 1 aliphatic heterocycles. The van der Waals surface area contributed by atoms with Gasteiger partial charge in [-0.1, -0.05) is 145 Å². The van der Waals surface area contributed by atoms with E-state index in [0.717, 1.165) is 0 Å². The maximum absolute atomic E-state index is 16.1. The van der Waals surface area contributed by atoms with Gasteiger partial charge < -0.3 is 18.6 Å². The van der Waals surface area contributed by atoms with E-state index in [2.05, 4.69) is 0 Å². The third-order valence-electron chi connectivity index (χ3n) is 8.61. The van der Waals surface area contributed by atoms with E-state index in [1.54, 1.807) is 12.1 Å². The molecule has 0 radical (unpaired) electrons. The molecule has 8 heteroatoms. The second-order valence-corrected chi connectivity index (χ2v) is 17.8. The van der Waals surface area contributed by atoms with Gasteiger partial charge in [0.05, 0.1) is 23.3 Å². The van der Waals surface area contributed by atoms with Crippen LogP contribution in [0.15, 0.2) is 146 Å². The van der Waals surface area contributed by atoms with Crippen molar-refractivity contribution < 1.29 is 18.6 Å². The van der Waals surface area contributed by atoms with Gasteiger partial charge >= 0.3 is 0 Å². The zero-order valence-corrected chi connectivity index (χ0v) is 29.3. The fourth-order valence-corrected chi connectivity index (χ4v) is 12.5. The molecule has 4 nitrogen and oxygen atoms in total. The molecule has 6 aromatic rings. The molecule has 0 bridgehead atoms. The lowest BCUT2D eigenvalue weighted by Crippen LogP contribution is -2.30. The van der Waals surface area contributed by atoms with E-state index in [1.807, 2.05) is 133 Å². The molecule has 0 N–H and O–H groups in total. The summed E-state index contributed by atoms with van der Waals surface area (Å²) in [4.78, 5) is 0. The molecule has 1 heterocycles. The topological polar surface area (TPSA) is 52.6 Å². The Morgan fingerprint density at radius 3 is 1.00 bits per heavy atom. The van der Waals surface area contributed by atoms with Crippen molar-refractivity contribution in [3.8, 4) is 22.6 Å². The van der Waals surface area contributed by atoms with Gasteiger partial charge in [-0.3, -0.25) is 0 Å². The molecule has 0 unspecified atom stereocenters. The van der Waals surface area contributed by atoms with Gasteiger partial charge in [-0.2, -0.15) is 0 Å². The van der Waals surface area contributed by atoms with Crippen molar-refractivity contribution in [1.29, 1.82) is 0 Å². The summed E-state index contributed by atoms with van der Waals surface area (Å²) in [6, 6.07) is 44.8. The highest BCUT2D eigenvalue weighted by Gasteiger charge is 2.40. The Hall–Kier alpha value is -4.04. The van der Waals surface area contributed by atoms with Crippen molar-refractivity contribution in [2.45, 2.75) is 12.8 Å². The summed E-state index contributed by atoms with van der Waals surface area (Å²) in [5.74, 6) is 0.702. The molecule has 240 valence electrons. The second kappa shape index (κ2) is 13.8. The maximum Gasteiger partial charge on any atom is 0.171 e. The lowest BCUT2D eigenvalue weighted by molar-refractivity contribution is 0.264. The van der Waals surface area contributed by atoms with Crippen LogP contribution in [-0.2, 0) is 9.13 Å². The zero-order chi connectivity index (χ0) is 33.1. The fraction of sp³-hybridized carbons (Fsp3) is 0.100. The summed E-state index contributed by atoms with van der Waals surface area (Å²) in [7, 11) is -7.26. The number of fused-ring (bicyclic) bond motifs is 3. The summed E-state index contributed by atoms with van der Waals surface area (Å²) < 4.78 is 45.3. The smallest absolute Gasteiger partial charge is 0.171 e. The van der Waals surface area contributed by atoms with Gasteiger partial charge in [0.1, 0.15) is 11.5 Å². The van der Waals surface area contributed by atoms with Crippen molar-refractivity contribution in [3.05, 3.63) is 156 Å². The number of hydrogen-bond donors (Lipinski definition) is 0. The van der Waals surface area contributed by atoms with Crippen LogP contribution in [0.1, 0.15) is 12.8 Å². The molecule has 0 spiro atoms. The van der Waals surface area contributed by atoms with Crippen molar-refractivity contribution in [3.63, 3.8) is 0 Å². The van der Waals surface area contributed by atoms with E-state index >= 15 is 9.13 Å². The van der Waals surface area contributed by atoms with E-state index in [4.69, 9.17) is 32.7 Å². The highest BCUT2D eigenvalue weighted by atomic mass is 35.5. The van der Waals surface area contributed by atoms with Crippen molar-refractivity contribution in [2.75, 3.05) is 13.2 Å². The highest BCUT2D eigenvalue weighted by molar-refractivity contribution is 7.86. The molecular weight excluding hydrogens is 677 g/mol. The van der Waals surface area contributed by atoms with Crippen molar-refractivity contribution >= 4 is 69.3 Å². The van der Waals surface area contributed by atoms with Crippen molar-refractivity contribution in [2.24, 2.45) is 0 Å². The minimum Gasteiger partial charge on any atom is -0.491 e. The van der Waals surface area contributed by atoms with Crippen LogP contribution in [0.2, 0.25) is 10.0 Å². The quantitative estimate of drug-likeness (QED) is 0.163. The monoisotopic (exact) mass is 708 g/mol. The first-order valence-electron chi connectivity index (χ1n) is 15.8. The van der Waals surface area contributed by atoms with Crippen LogP contribution in [-0.4, -0.2) is 13.2 Å². The number of rotatable bonds is 6. The van der Waals surface area contributed by atoms with E-state index < -0.39 is 14.3 Å². The average Bonchev–Trinajstić information content (AvgIpc) is 3.15. The minimum absolute atomic E-state index is 0.341. The maximum atomic E-state index is 16.1. The normalized spacial score (nSPS) is 13.4. The molecule has 0 saturated heterocycles. The van der Waals surface area contributed by atoms with Crippen LogP contribution in [0.25, 0.3) is 11.1 Å². The molecule has 0 amide bonds. The van der Waals surface area contributed by atoms with Gasteiger partial charge in [-0.15, -0.1) is 0 Å². The molecule has 1 aliphatic rings. The Labute approximate surface area is 291 Å². The third-order valence-corrected chi connectivity index (χ3v) is 15.4. The fourth-order valence-electron chi connectivity index (χ4n) is 6.34. The predicted molar refractivity (Wildman–Crippen MR) is 201 cm³/mol. The number of hydrogen-bond acceptors (Lipinski definition) is 4. The molecule has 48 heavy (non-hydrogen) atoms. The van der Waals surface area contributed by atoms with E-state index in [9.17, 15) is 0 Å². The first-order valence-corrected chi connectivity index (χ1v) is 20.0. The Kier molecular flexibility index (Phi) is 9.36. The Bertz CT molecular complexity index is 1920. The standard InChI is InChI=1S/C40H32Cl2O4P2/c41-33-23-25-35(47(43,29-15-5-1-6-16-29)30-17-7-2-8-18-30)37-38-36(26-24-34(42)40(38)46-28-14-13-27-45-39(33)37)48(44,31-19-9-3-10-20-31)32-21-11-4-12-22-32/h1-12,15-26H,13-14,27-28H2. The second-order valence-electron chi connectivity index (χ2n) is 11.5. The van der Waals surface area contributed by atoms with Crippen LogP contribution in [0.3, 0.4) is 0 Å².